The Kier molecular flexibility index (Phi) is 4.83. The van der Waals surface area contributed by atoms with Gasteiger partial charge in [0.25, 0.3) is 0 Å². The van der Waals surface area contributed by atoms with E-state index in [1.807, 2.05) is 25.1 Å². The van der Waals surface area contributed by atoms with E-state index in [1.54, 1.807) is 12.0 Å². The Morgan fingerprint density at radius 1 is 1.33 bits per heavy atom. The average Bonchev–Trinajstić information content (AvgIpc) is 2.98. The molecule has 1 atom stereocenters. The fraction of sp³-hybridized carbons (Fsp3) is 0.500. The highest BCUT2D eigenvalue weighted by Gasteiger charge is 2.31. The summed E-state index contributed by atoms with van der Waals surface area (Å²) in [4.78, 5) is 25.5. The number of likely N-dealkylation sites (tertiary alicyclic amines) is 1. The minimum atomic E-state index is -0.234. The number of benzene rings is 1. The highest BCUT2D eigenvalue weighted by Crippen LogP contribution is 2.22. The molecule has 1 saturated heterocycles. The highest BCUT2D eigenvalue weighted by atomic mass is 16.5. The smallest absolute Gasteiger partial charge is 0.310 e. The summed E-state index contributed by atoms with van der Waals surface area (Å²) in [5.41, 5.74) is 1.96. The third kappa shape index (κ3) is 3.54. The van der Waals surface area contributed by atoms with Crippen LogP contribution >= 0.6 is 0 Å². The Bertz CT molecular complexity index is 541. The fourth-order valence-electron chi connectivity index (χ4n) is 2.61. The minimum absolute atomic E-state index is 0.0345. The predicted molar refractivity (Wildman–Crippen MR) is 78.1 cm³/mol. The monoisotopic (exact) mass is 291 g/mol. The van der Waals surface area contributed by atoms with Crippen molar-refractivity contribution in [3.63, 3.8) is 0 Å². The van der Waals surface area contributed by atoms with Crippen molar-refractivity contribution in [1.29, 1.82) is 0 Å². The van der Waals surface area contributed by atoms with Gasteiger partial charge in [0.1, 0.15) is 5.75 Å². The third-order valence-corrected chi connectivity index (χ3v) is 3.90. The number of carbonyl (C=O) groups excluding carboxylic acids is 2. The molecule has 5 heteroatoms. The normalized spacial score (nSPS) is 17.7. The zero-order valence-corrected chi connectivity index (χ0v) is 12.7. The van der Waals surface area contributed by atoms with E-state index in [1.165, 1.54) is 7.11 Å². The van der Waals surface area contributed by atoms with Crippen molar-refractivity contribution in [3.05, 3.63) is 29.3 Å². The van der Waals surface area contributed by atoms with E-state index in [9.17, 15) is 9.59 Å². The van der Waals surface area contributed by atoms with E-state index >= 15 is 0 Å². The van der Waals surface area contributed by atoms with Gasteiger partial charge in [0.15, 0.2) is 0 Å². The van der Waals surface area contributed by atoms with E-state index in [-0.39, 0.29) is 17.8 Å². The molecule has 0 radical (unpaired) electrons. The van der Waals surface area contributed by atoms with Gasteiger partial charge in [0.05, 0.1) is 26.6 Å². The molecule has 1 aromatic carbocycles. The van der Waals surface area contributed by atoms with Crippen molar-refractivity contribution in [2.45, 2.75) is 19.8 Å². The molecule has 0 bridgehead atoms. The molecule has 0 aliphatic carbocycles. The first-order valence-electron chi connectivity index (χ1n) is 7.04. The van der Waals surface area contributed by atoms with Crippen LogP contribution in [0.3, 0.4) is 0 Å². The summed E-state index contributed by atoms with van der Waals surface area (Å²) < 4.78 is 10.0. The van der Waals surface area contributed by atoms with Crippen molar-refractivity contribution in [1.82, 2.24) is 4.90 Å². The lowest BCUT2D eigenvalue weighted by Gasteiger charge is -2.16. The van der Waals surface area contributed by atoms with Gasteiger partial charge in [0.2, 0.25) is 5.91 Å². The van der Waals surface area contributed by atoms with E-state index < -0.39 is 0 Å². The molecular formula is C16H21NO4. The lowest BCUT2D eigenvalue weighted by Crippen LogP contribution is -2.31. The molecule has 1 aliphatic rings. The van der Waals surface area contributed by atoms with Gasteiger partial charge in [-0.2, -0.15) is 0 Å². The van der Waals surface area contributed by atoms with Crippen molar-refractivity contribution >= 4 is 11.9 Å². The molecule has 114 valence electrons. The van der Waals surface area contributed by atoms with Crippen LogP contribution in [0.25, 0.3) is 0 Å². The Morgan fingerprint density at radius 2 is 2.10 bits per heavy atom. The summed E-state index contributed by atoms with van der Waals surface area (Å²) >= 11 is 0. The molecular weight excluding hydrogens is 270 g/mol. The second-order valence-electron chi connectivity index (χ2n) is 5.33. The van der Waals surface area contributed by atoms with Crippen LogP contribution in [0.15, 0.2) is 18.2 Å². The van der Waals surface area contributed by atoms with Gasteiger partial charge in [-0.1, -0.05) is 12.1 Å². The predicted octanol–water partition coefficient (Wildman–Crippen LogP) is 1.57. The van der Waals surface area contributed by atoms with Crippen LogP contribution in [0.2, 0.25) is 0 Å². The summed E-state index contributed by atoms with van der Waals surface area (Å²) in [5.74, 6) is 0.398. The van der Waals surface area contributed by atoms with Crippen LogP contribution in [-0.4, -0.2) is 44.1 Å². The second kappa shape index (κ2) is 6.61. The first-order valence-corrected chi connectivity index (χ1v) is 7.04. The number of rotatable bonds is 4. The van der Waals surface area contributed by atoms with Crippen molar-refractivity contribution in [2.24, 2.45) is 5.92 Å². The Hall–Kier alpha value is -2.04. The number of esters is 1. The first kappa shape index (κ1) is 15.4. The van der Waals surface area contributed by atoms with Crippen molar-refractivity contribution in [2.75, 3.05) is 27.3 Å². The average molecular weight is 291 g/mol. The topological polar surface area (TPSA) is 55.8 Å². The largest absolute Gasteiger partial charge is 0.496 e. The number of amides is 1. The molecule has 1 unspecified atom stereocenters. The van der Waals surface area contributed by atoms with Gasteiger partial charge in [0, 0.05) is 13.1 Å². The molecule has 2 rings (SSSR count). The van der Waals surface area contributed by atoms with Crippen LogP contribution in [0, 0.1) is 12.8 Å². The Morgan fingerprint density at radius 3 is 2.76 bits per heavy atom. The maximum Gasteiger partial charge on any atom is 0.310 e. The molecule has 5 nitrogen and oxygen atoms in total. The summed E-state index contributed by atoms with van der Waals surface area (Å²) in [7, 11) is 3.00. The molecule has 0 aromatic heterocycles. The van der Waals surface area contributed by atoms with Gasteiger partial charge >= 0.3 is 5.97 Å². The van der Waals surface area contributed by atoms with Crippen LogP contribution in [0.1, 0.15) is 17.5 Å². The third-order valence-electron chi connectivity index (χ3n) is 3.90. The van der Waals surface area contributed by atoms with Gasteiger partial charge in [-0.25, -0.2) is 0 Å². The summed E-state index contributed by atoms with van der Waals surface area (Å²) in [6.07, 6.45) is 1.00. The molecule has 0 saturated carbocycles. The highest BCUT2D eigenvalue weighted by molar-refractivity contribution is 5.81. The molecule has 1 aliphatic heterocycles. The maximum absolute atomic E-state index is 12.3. The van der Waals surface area contributed by atoms with E-state index in [2.05, 4.69) is 0 Å². The van der Waals surface area contributed by atoms with Crippen molar-refractivity contribution in [3.8, 4) is 5.75 Å². The Balaban J connectivity index is 1.98. The van der Waals surface area contributed by atoms with Gasteiger partial charge in [-0.15, -0.1) is 0 Å². The lowest BCUT2D eigenvalue weighted by molar-refractivity contribution is -0.145. The van der Waals surface area contributed by atoms with Crippen LogP contribution in [0.5, 0.6) is 5.75 Å². The quantitative estimate of drug-likeness (QED) is 0.790. The first-order chi connectivity index (χ1) is 10.0. The fourth-order valence-corrected chi connectivity index (χ4v) is 2.61. The van der Waals surface area contributed by atoms with Crippen LogP contribution < -0.4 is 4.74 Å². The van der Waals surface area contributed by atoms with Crippen LogP contribution in [0.4, 0.5) is 0 Å². The molecule has 0 N–H and O–H groups in total. The number of ether oxygens (including phenoxy) is 2. The SMILES string of the molecule is COC(=O)C1CCN(C(=O)Cc2ccc(C)c(OC)c2)C1. The van der Waals surface area contributed by atoms with E-state index in [0.29, 0.717) is 25.9 Å². The van der Waals surface area contributed by atoms with Crippen molar-refractivity contribution < 1.29 is 19.1 Å². The zero-order chi connectivity index (χ0) is 15.4. The summed E-state index contributed by atoms with van der Waals surface area (Å²) in [6, 6.07) is 5.77. The molecule has 1 amide bonds. The number of aryl methyl sites for hydroxylation is 1. The zero-order valence-electron chi connectivity index (χ0n) is 12.7. The van der Waals surface area contributed by atoms with E-state index in [0.717, 1.165) is 16.9 Å². The molecule has 1 fully saturated rings. The number of methoxy groups -OCH3 is 2. The molecule has 21 heavy (non-hydrogen) atoms. The maximum atomic E-state index is 12.3. The Labute approximate surface area is 124 Å². The molecule has 1 aromatic rings. The van der Waals surface area contributed by atoms with E-state index in [4.69, 9.17) is 9.47 Å². The summed E-state index contributed by atoms with van der Waals surface area (Å²) in [6.45, 7) is 3.03. The lowest BCUT2D eigenvalue weighted by atomic mass is 10.1. The van der Waals surface area contributed by atoms with Crippen LogP contribution in [-0.2, 0) is 20.7 Å². The van der Waals surface area contributed by atoms with Gasteiger partial charge in [-0.3, -0.25) is 9.59 Å². The molecule has 1 heterocycles. The number of carbonyl (C=O) groups is 2. The molecule has 0 spiro atoms. The summed E-state index contributed by atoms with van der Waals surface area (Å²) in [5, 5.41) is 0. The second-order valence-corrected chi connectivity index (χ2v) is 5.33. The van der Waals surface area contributed by atoms with Gasteiger partial charge < -0.3 is 14.4 Å². The number of nitrogens with zero attached hydrogens (tertiary/aromatic N) is 1. The standard InChI is InChI=1S/C16H21NO4/c1-11-4-5-12(8-14(11)20-2)9-15(18)17-7-6-13(10-17)16(19)21-3/h4-5,8,13H,6-7,9-10H2,1-3H3. The minimum Gasteiger partial charge on any atom is -0.496 e. The number of hydrogen-bond acceptors (Lipinski definition) is 4. The number of hydrogen-bond donors (Lipinski definition) is 0. The van der Waals surface area contributed by atoms with Gasteiger partial charge in [-0.05, 0) is 30.5 Å².